The number of ether oxygens (including phenoxy) is 1. The molecule has 0 heterocycles. The fraction of sp³-hybridized carbons (Fsp3) is 0.300. The summed E-state index contributed by atoms with van der Waals surface area (Å²) in [6.07, 6.45) is -5.48. The van der Waals surface area contributed by atoms with Crippen LogP contribution in [0.1, 0.15) is 36.0 Å². The minimum atomic E-state index is -4.48. The predicted molar refractivity (Wildman–Crippen MR) is 95.7 cm³/mol. The van der Waals surface area contributed by atoms with Crippen LogP contribution >= 0.6 is 0 Å². The normalized spacial score (nSPS) is 13.4. The number of nitrogens with one attached hydrogen (secondary N) is 1. The molecule has 2 N–H and O–H groups in total. The second-order valence-electron chi connectivity index (χ2n) is 6.36. The maximum atomic E-state index is 12.9. The third-order valence-corrected chi connectivity index (χ3v) is 4.18. The van der Waals surface area contributed by atoms with Gasteiger partial charge in [0.25, 0.3) is 0 Å². The topological polar surface area (TPSA) is 75.6 Å². The molecule has 5 nitrogen and oxygen atoms in total. The smallest absolute Gasteiger partial charge is 0.416 e. The molecule has 0 radical (unpaired) electrons. The highest BCUT2D eigenvalue weighted by Gasteiger charge is 2.31. The van der Waals surface area contributed by atoms with Gasteiger partial charge in [-0.3, -0.25) is 0 Å². The van der Waals surface area contributed by atoms with E-state index < -0.39 is 35.8 Å². The fourth-order valence-corrected chi connectivity index (χ4v) is 2.64. The fourth-order valence-electron chi connectivity index (χ4n) is 2.64. The summed E-state index contributed by atoms with van der Waals surface area (Å²) < 4.78 is 43.6. The quantitative estimate of drug-likeness (QED) is 0.720. The van der Waals surface area contributed by atoms with Crippen LogP contribution in [0.5, 0.6) is 0 Å². The van der Waals surface area contributed by atoms with Crippen molar-refractivity contribution < 1.29 is 32.6 Å². The molecule has 2 aromatic rings. The number of carbonyl (C=O) groups is 2. The first-order chi connectivity index (χ1) is 13.2. The summed E-state index contributed by atoms with van der Waals surface area (Å²) in [7, 11) is 0. The van der Waals surface area contributed by atoms with Gasteiger partial charge in [0, 0.05) is 0 Å². The zero-order valence-corrected chi connectivity index (χ0v) is 15.1. The first-order valence-corrected chi connectivity index (χ1v) is 8.54. The number of benzene rings is 2. The van der Waals surface area contributed by atoms with E-state index in [1.165, 1.54) is 12.1 Å². The van der Waals surface area contributed by atoms with Crippen molar-refractivity contribution in [2.45, 2.75) is 38.1 Å². The maximum absolute atomic E-state index is 12.9. The van der Waals surface area contributed by atoms with Gasteiger partial charge in [0.2, 0.25) is 0 Å². The lowest BCUT2D eigenvalue weighted by Crippen LogP contribution is -2.41. The first kappa shape index (κ1) is 21.3. The first-order valence-electron chi connectivity index (χ1n) is 8.54. The van der Waals surface area contributed by atoms with E-state index in [4.69, 9.17) is 4.74 Å². The van der Waals surface area contributed by atoms with Crippen molar-refractivity contribution in [3.63, 3.8) is 0 Å². The largest absolute Gasteiger partial charge is 0.480 e. The Bertz CT molecular complexity index is 809. The summed E-state index contributed by atoms with van der Waals surface area (Å²) in [5.74, 6) is -1.83. The number of alkyl halides is 3. The van der Waals surface area contributed by atoms with Gasteiger partial charge in [-0.15, -0.1) is 0 Å². The minimum absolute atomic E-state index is 0.0256. The van der Waals surface area contributed by atoms with Crippen LogP contribution in [0, 0.1) is 0 Å². The van der Waals surface area contributed by atoms with Crippen molar-refractivity contribution in [3.05, 3.63) is 71.3 Å². The average molecular weight is 395 g/mol. The molecule has 0 spiro atoms. The van der Waals surface area contributed by atoms with Crippen molar-refractivity contribution in [2.24, 2.45) is 0 Å². The van der Waals surface area contributed by atoms with E-state index in [-0.39, 0.29) is 13.0 Å². The molecule has 28 heavy (non-hydrogen) atoms. The summed E-state index contributed by atoms with van der Waals surface area (Å²) in [5, 5.41) is 11.6. The summed E-state index contributed by atoms with van der Waals surface area (Å²) in [6.45, 7) is 1.57. The molecular weight excluding hydrogens is 375 g/mol. The Morgan fingerprint density at radius 1 is 1.11 bits per heavy atom. The van der Waals surface area contributed by atoms with Gasteiger partial charge >= 0.3 is 18.2 Å². The van der Waals surface area contributed by atoms with Gasteiger partial charge < -0.3 is 15.2 Å². The summed E-state index contributed by atoms with van der Waals surface area (Å²) in [4.78, 5) is 23.3. The van der Waals surface area contributed by atoms with E-state index in [1.807, 2.05) is 0 Å². The molecule has 0 aliphatic rings. The lowest BCUT2D eigenvalue weighted by Gasteiger charge is -2.20. The highest BCUT2D eigenvalue weighted by molar-refractivity contribution is 5.79. The number of halogens is 3. The van der Waals surface area contributed by atoms with Crippen molar-refractivity contribution in [1.82, 2.24) is 5.32 Å². The lowest BCUT2D eigenvalue weighted by molar-refractivity contribution is -0.140. The highest BCUT2D eigenvalue weighted by atomic mass is 19.4. The minimum Gasteiger partial charge on any atom is -0.480 e. The standard InChI is InChI=1S/C20H20F3NO4/c1-13(15-8-5-9-16(11-15)20(21,22)23)10-17(18(25)26)24-19(27)28-12-14-6-3-2-4-7-14/h2-9,11,13,17H,10,12H2,1H3,(H,24,27)(H,25,26)/t13-,17+/m0/s1. The Morgan fingerprint density at radius 3 is 2.39 bits per heavy atom. The van der Waals surface area contributed by atoms with Crippen molar-refractivity contribution in [2.75, 3.05) is 0 Å². The molecule has 150 valence electrons. The molecule has 0 saturated heterocycles. The van der Waals surface area contributed by atoms with E-state index in [1.54, 1.807) is 37.3 Å². The van der Waals surface area contributed by atoms with Crippen LogP contribution in [0.15, 0.2) is 54.6 Å². The number of amides is 1. The zero-order chi connectivity index (χ0) is 20.7. The van der Waals surface area contributed by atoms with Crippen LogP contribution in [0.4, 0.5) is 18.0 Å². The average Bonchev–Trinajstić information content (AvgIpc) is 2.66. The van der Waals surface area contributed by atoms with Crippen molar-refractivity contribution in [3.8, 4) is 0 Å². The number of rotatable bonds is 7. The maximum Gasteiger partial charge on any atom is 0.416 e. The molecule has 0 aromatic heterocycles. The van der Waals surface area contributed by atoms with Crippen LogP contribution in [-0.2, 0) is 22.3 Å². The molecule has 2 rings (SSSR count). The van der Waals surface area contributed by atoms with E-state index in [0.717, 1.165) is 17.7 Å². The Labute approximate surface area is 160 Å². The molecule has 0 saturated carbocycles. The SMILES string of the molecule is C[C@@H](C[C@@H](NC(=O)OCc1ccccc1)C(=O)O)c1cccc(C(F)(F)F)c1. The van der Waals surface area contributed by atoms with E-state index in [2.05, 4.69) is 5.32 Å². The number of hydrogen-bond acceptors (Lipinski definition) is 3. The van der Waals surface area contributed by atoms with Gasteiger partial charge in [0.1, 0.15) is 12.6 Å². The number of carbonyl (C=O) groups excluding carboxylic acids is 1. The van der Waals surface area contributed by atoms with Gasteiger partial charge in [-0.05, 0) is 29.5 Å². The van der Waals surface area contributed by atoms with Crippen LogP contribution < -0.4 is 5.32 Å². The summed E-state index contributed by atoms with van der Waals surface area (Å²) in [5.41, 5.74) is 0.265. The number of carboxylic acids is 1. The number of hydrogen-bond donors (Lipinski definition) is 2. The third kappa shape index (κ3) is 6.29. The van der Waals surface area contributed by atoms with Gasteiger partial charge in [-0.25, -0.2) is 9.59 Å². The molecule has 2 aromatic carbocycles. The Kier molecular flexibility index (Phi) is 7.03. The van der Waals surface area contributed by atoms with E-state index in [9.17, 15) is 27.9 Å². The molecular formula is C20H20F3NO4. The van der Waals surface area contributed by atoms with Crippen LogP contribution in [0.3, 0.4) is 0 Å². The number of carboxylic acid groups (broad SMARTS) is 1. The second kappa shape index (κ2) is 9.25. The molecule has 1 amide bonds. The Morgan fingerprint density at radius 2 is 1.79 bits per heavy atom. The third-order valence-electron chi connectivity index (χ3n) is 4.18. The van der Waals surface area contributed by atoms with E-state index >= 15 is 0 Å². The van der Waals surface area contributed by atoms with Crippen molar-refractivity contribution in [1.29, 1.82) is 0 Å². The van der Waals surface area contributed by atoms with Crippen molar-refractivity contribution >= 4 is 12.1 Å². The Hall–Kier alpha value is -3.03. The second-order valence-corrected chi connectivity index (χ2v) is 6.36. The Balaban J connectivity index is 1.98. The molecule has 0 fully saturated rings. The predicted octanol–water partition coefficient (Wildman–Crippen LogP) is 4.58. The molecule has 0 aliphatic carbocycles. The van der Waals surface area contributed by atoms with Crippen LogP contribution in [0.25, 0.3) is 0 Å². The van der Waals surface area contributed by atoms with Crippen LogP contribution in [-0.4, -0.2) is 23.2 Å². The lowest BCUT2D eigenvalue weighted by atomic mass is 9.92. The summed E-state index contributed by atoms with van der Waals surface area (Å²) >= 11 is 0. The zero-order valence-electron chi connectivity index (χ0n) is 15.1. The van der Waals surface area contributed by atoms with Gasteiger partial charge in [-0.2, -0.15) is 13.2 Å². The molecule has 2 atom stereocenters. The molecule has 0 unspecified atom stereocenters. The molecule has 0 bridgehead atoms. The van der Waals surface area contributed by atoms with Crippen LogP contribution in [0.2, 0.25) is 0 Å². The number of alkyl carbamates (subject to hydrolysis) is 1. The van der Waals surface area contributed by atoms with Gasteiger partial charge in [-0.1, -0.05) is 55.5 Å². The number of aliphatic carboxylic acids is 1. The van der Waals surface area contributed by atoms with E-state index in [0.29, 0.717) is 5.56 Å². The monoisotopic (exact) mass is 395 g/mol. The molecule has 8 heteroatoms. The van der Waals surface area contributed by atoms with Gasteiger partial charge in [0.05, 0.1) is 5.56 Å². The molecule has 0 aliphatic heterocycles. The van der Waals surface area contributed by atoms with Gasteiger partial charge in [0.15, 0.2) is 0 Å². The highest BCUT2D eigenvalue weighted by Crippen LogP contribution is 2.32. The summed E-state index contributed by atoms with van der Waals surface area (Å²) in [6, 6.07) is 12.2.